The fourth-order valence-electron chi connectivity index (χ4n) is 3.07. The molecule has 4 rings (SSSR count). The predicted molar refractivity (Wildman–Crippen MR) is 113 cm³/mol. The van der Waals surface area contributed by atoms with Crippen LogP contribution in [0.2, 0.25) is 0 Å². The molecule has 4 heteroatoms. The van der Waals surface area contributed by atoms with E-state index in [1.54, 1.807) is 6.20 Å². The summed E-state index contributed by atoms with van der Waals surface area (Å²) in [5.74, 6) is 6.35. The van der Waals surface area contributed by atoms with Crippen LogP contribution in [0, 0.1) is 11.8 Å². The van der Waals surface area contributed by atoms with E-state index in [9.17, 15) is 4.39 Å². The Morgan fingerprint density at radius 3 is 2.36 bits per heavy atom. The van der Waals surface area contributed by atoms with E-state index < -0.39 is 0 Å². The molecule has 2 aromatic carbocycles. The minimum absolute atomic E-state index is 0.351. The van der Waals surface area contributed by atoms with Gasteiger partial charge in [-0.05, 0) is 59.5 Å². The van der Waals surface area contributed by atoms with E-state index >= 15 is 0 Å². The Hall–Kier alpha value is -3.58. The van der Waals surface area contributed by atoms with Gasteiger partial charge in [0.2, 0.25) is 0 Å². The van der Waals surface area contributed by atoms with Crippen molar-refractivity contribution in [3.05, 3.63) is 84.2 Å². The van der Waals surface area contributed by atoms with Gasteiger partial charge in [0.05, 0.1) is 5.69 Å². The Balaban J connectivity index is 1.50. The lowest BCUT2D eigenvalue weighted by atomic mass is 10.0. The highest BCUT2D eigenvalue weighted by atomic mass is 19.1. The maximum atomic E-state index is 12.5. The molecule has 2 heterocycles. The van der Waals surface area contributed by atoms with Crippen LogP contribution in [0.15, 0.2) is 72.9 Å². The molecule has 0 unspecified atom stereocenters. The summed E-state index contributed by atoms with van der Waals surface area (Å²) in [4.78, 5) is 9.40. The molecular formula is C24H20FN3. The van der Waals surface area contributed by atoms with Crippen molar-refractivity contribution in [3.8, 4) is 23.0 Å². The first-order valence-electron chi connectivity index (χ1n) is 9.16. The molecule has 138 valence electrons. The fraction of sp³-hybridized carbons (Fsp3) is 0.125. The highest BCUT2D eigenvalue weighted by Gasteiger charge is 2.02. The number of nitrogens with zero attached hydrogens (tertiary/aromatic N) is 2. The maximum absolute atomic E-state index is 12.5. The second kappa shape index (κ2) is 7.98. The van der Waals surface area contributed by atoms with Crippen LogP contribution in [0.25, 0.3) is 22.2 Å². The Bertz CT molecular complexity index is 1100. The van der Waals surface area contributed by atoms with Gasteiger partial charge in [-0.15, -0.1) is 0 Å². The molecule has 0 aliphatic rings. The highest BCUT2D eigenvalue weighted by molar-refractivity contribution is 5.77. The van der Waals surface area contributed by atoms with Gasteiger partial charge in [-0.25, -0.2) is 9.37 Å². The molecule has 0 saturated heterocycles. The third kappa shape index (κ3) is 3.89. The smallest absolute Gasteiger partial charge is 0.138 e. The molecule has 0 aliphatic carbocycles. The van der Waals surface area contributed by atoms with E-state index in [-0.39, 0.29) is 6.67 Å². The number of alkyl halides is 1. The van der Waals surface area contributed by atoms with Crippen molar-refractivity contribution < 1.29 is 4.39 Å². The third-order valence-corrected chi connectivity index (χ3v) is 4.68. The van der Waals surface area contributed by atoms with Gasteiger partial charge in [-0.2, -0.15) is 0 Å². The molecule has 3 nitrogen and oxygen atoms in total. The fourth-order valence-corrected chi connectivity index (χ4v) is 3.07. The second-order valence-electron chi connectivity index (χ2n) is 6.61. The van der Waals surface area contributed by atoms with Crippen molar-refractivity contribution in [1.29, 1.82) is 0 Å². The first kappa shape index (κ1) is 17.8. The second-order valence-corrected chi connectivity index (χ2v) is 6.61. The molecule has 28 heavy (non-hydrogen) atoms. The Morgan fingerprint density at radius 1 is 0.964 bits per heavy atom. The monoisotopic (exact) mass is 369 g/mol. The van der Waals surface area contributed by atoms with Crippen molar-refractivity contribution in [3.63, 3.8) is 0 Å². The summed E-state index contributed by atoms with van der Waals surface area (Å²) in [6.07, 6.45) is 1.76. The number of pyridine rings is 1. The maximum Gasteiger partial charge on any atom is 0.138 e. The molecule has 0 amide bonds. The van der Waals surface area contributed by atoms with Gasteiger partial charge in [0.15, 0.2) is 0 Å². The number of rotatable bonds is 4. The molecule has 0 aliphatic heterocycles. The lowest BCUT2D eigenvalue weighted by Crippen LogP contribution is -2.19. The minimum atomic E-state index is -0.351. The summed E-state index contributed by atoms with van der Waals surface area (Å²) < 4.78 is 12.5. The lowest BCUT2D eigenvalue weighted by molar-refractivity contribution is 0.497. The van der Waals surface area contributed by atoms with E-state index in [4.69, 9.17) is 0 Å². The molecular weight excluding hydrogens is 349 g/mol. The van der Waals surface area contributed by atoms with E-state index in [1.165, 1.54) is 0 Å². The average molecular weight is 369 g/mol. The van der Waals surface area contributed by atoms with Crippen molar-refractivity contribution in [2.45, 2.75) is 0 Å². The largest absolute Gasteiger partial charge is 0.372 e. The Morgan fingerprint density at radius 2 is 1.68 bits per heavy atom. The minimum Gasteiger partial charge on any atom is -0.372 e. The number of nitrogens with one attached hydrogen (secondary N) is 1. The summed E-state index contributed by atoms with van der Waals surface area (Å²) in [6.45, 7) is 0.0505. The van der Waals surface area contributed by atoms with Gasteiger partial charge < -0.3 is 9.88 Å². The average Bonchev–Trinajstić information content (AvgIpc) is 3.16. The molecule has 0 atom stereocenters. The number of aromatic nitrogens is 2. The molecule has 0 spiro atoms. The number of H-pyrrole nitrogens is 1. The third-order valence-electron chi connectivity index (χ3n) is 4.68. The van der Waals surface area contributed by atoms with Crippen molar-refractivity contribution >= 4 is 16.7 Å². The molecule has 1 N–H and O–H groups in total. The molecule has 0 bridgehead atoms. The van der Waals surface area contributed by atoms with Gasteiger partial charge in [0, 0.05) is 36.4 Å². The van der Waals surface area contributed by atoms with Crippen LogP contribution in [0.3, 0.4) is 0 Å². The Labute approximate surface area is 163 Å². The van der Waals surface area contributed by atoms with E-state index in [0.717, 1.165) is 39.1 Å². The number of aromatic amines is 1. The topological polar surface area (TPSA) is 31.9 Å². The number of anilines is 1. The number of benzene rings is 2. The van der Waals surface area contributed by atoms with E-state index in [2.05, 4.69) is 46.1 Å². The molecule has 0 saturated carbocycles. The zero-order valence-electron chi connectivity index (χ0n) is 15.6. The van der Waals surface area contributed by atoms with Gasteiger partial charge in [0.1, 0.15) is 12.3 Å². The first-order valence-corrected chi connectivity index (χ1v) is 9.16. The lowest BCUT2D eigenvalue weighted by Gasteiger charge is -2.17. The van der Waals surface area contributed by atoms with Crippen LogP contribution in [0.1, 0.15) is 11.3 Å². The van der Waals surface area contributed by atoms with Crippen LogP contribution in [-0.4, -0.2) is 30.2 Å². The number of halogens is 1. The summed E-state index contributed by atoms with van der Waals surface area (Å²) in [7, 11) is 1.89. The summed E-state index contributed by atoms with van der Waals surface area (Å²) in [5, 5.41) is 1.06. The van der Waals surface area contributed by atoms with Crippen molar-refractivity contribution in [2.75, 3.05) is 25.2 Å². The van der Waals surface area contributed by atoms with Crippen LogP contribution < -0.4 is 4.90 Å². The zero-order valence-corrected chi connectivity index (χ0v) is 15.6. The number of hydrogen-bond donors (Lipinski definition) is 1. The van der Waals surface area contributed by atoms with Crippen LogP contribution in [0.5, 0.6) is 0 Å². The van der Waals surface area contributed by atoms with Gasteiger partial charge in [-0.3, -0.25) is 0 Å². The highest BCUT2D eigenvalue weighted by Crippen LogP contribution is 2.23. The normalized spacial score (nSPS) is 10.5. The standard InChI is InChI=1S/C24H20FN3/c1-28(16-14-25)23-12-9-20(10-13-23)19-7-4-18(5-8-19)6-11-22-17-21-3-2-15-26-24(21)27-22/h2-5,7-10,12-13,15,17H,14,16H2,1H3,(H,26,27). The van der Waals surface area contributed by atoms with Gasteiger partial charge in [-0.1, -0.05) is 30.2 Å². The van der Waals surface area contributed by atoms with Crippen LogP contribution >= 0.6 is 0 Å². The van der Waals surface area contributed by atoms with Crippen LogP contribution in [-0.2, 0) is 0 Å². The Kier molecular flexibility index (Phi) is 5.07. The van der Waals surface area contributed by atoms with Gasteiger partial charge in [0.25, 0.3) is 0 Å². The van der Waals surface area contributed by atoms with Crippen molar-refractivity contribution in [1.82, 2.24) is 9.97 Å². The number of fused-ring (bicyclic) bond motifs is 1. The molecule has 2 aromatic heterocycles. The van der Waals surface area contributed by atoms with Crippen molar-refractivity contribution in [2.24, 2.45) is 0 Å². The van der Waals surface area contributed by atoms with Gasteiger partial charge >= 0.3 is 0 Å². The number of hydrogen-bond acceptors (Lipinski definition) is 2. The zero-order chi connectivity index (χ0) is 19.3. The summed E-state index contributed by atoms with van der Waals surface area (Å²) in [5.41, 5.74) is 5.92. The first-order chi connectivity index (χ1) is 13.7. The summed E-state index contributed by atoms with van der Waals surface area (Å²) in [6, 6.07) is 22.3. The molecule has 0 fully saturated rings. The van der Waals surface area contributed by atoms with E-state index in [1.807, 2.05) is 54.4 Å². The summed E-state index contributed by atoms with van der Waals surface area (Å²) >= 11 is 0. The molecule has 4 aromatic rings. The predicted octanol–water partition coefficient (Wildman–Crippen LogP) is 5.04. The quantitative estimate of drug-likeness (QED) is 0.511. The van der Waals surface area contributed by atoms with Crippen LogP contribution in [0.4, 0.5) is 10.1 Å². The van der Waals surface area contributed by atoms with E-state index in [0.29, 0.717) is 6.54 Å². The SMILES string of the molecule is CN(CCF)c1ccc(-c2ccc(C#Cc3cc4cccnc4[nH]3)cc2)cc1. The molecule has 0 radical (unpaired) electrons.